The van der Waals surface area contributed by atoms with Crippen LogP contribution in [-0.2, 0) is 14.3 Å². The van der Waals surface area contributed by atoms with Gasteiger partial charge in [-0.2, -0.15) is 0 Å². The molecule has 6 heteroatoms. The fourth-order valence-corrected chi connectivity index (χ4v) is 4.14. The highest BCUT2D eigenvalue weighted by Gasteiger charge is 2.42. The number of rotatable bonds is 3. The molecule has 0 radical (unpaired) electrons. The molecule has 2 aliphatic rings. The Morgan fingerprint density at radius 1 is 1.04 bits per heavy atom. The second kappa shape index (κ2) is 7.28. The molecule has 0 spiro atoms. The summed E-state index contributed by atoms with van der Waals surface area (Å²) in [5.41, 5.74) is 3.17. The van der Waals surface area contributed by atoms with Crippen LogP contribution < -0.4 is 0 Å². The molecule has 0 unspecified atom stereocenters. The van der Waals surface area contributed by atoms with Crippen LogP contribution >= 0.6 is 0 Å². The molecule has 1 amide bonds. The van der Waals surface area contributed by atoms with E-state index in [-0.39, 0.29) is 38.5 Å². The molecule has 28 heavy (non-hydrogen) atoms. The minimum absolute atomic E-state index is 0.00754. The molecule has 1 aliphatic heterocycles. The number of benzene rings is 2. The SMILES string of the molecule is COC(=O)C1(O)CCN(C(=O)OCC2c3ccccc3-c3ccccc32)CC1. The maximum Gasteiger partial charge on any atom is 0.409 e. The van der Waals surface area contributed by atoms with Crippen molar-refractivity contribution in [3.63, 3.8) is 0 Å². The average Bonchev–Trinajstić information content (AvgIpc) is 3.06. The van der Waals surface area contributed by atoms with E-state index in [0.717, 1.165) is 11.1 Å². The maximum absolute atomic E-state index is 12.5. The van der Waals surface area contributed by atoms with Gasteiger partial charge in [0.15, 0.2) is 5.60 Å². The van der Waals surface area contributed by atoms with Crippen LogP contribution in [0.25, 0.3) is 11.1 Å². The molecule has 0 bridgehead atoms. The van der Waals surface area contributed by atoms with Crippen molar-refractivity contribution < 1.29 is 24.2 Å². The molecule has 1 N–H and O–H groups in total. The molecular formula is C22H23NO5. The number of hydrogen-bond acceptors (Lipinski definition) is 5. The molecular weight excluding hydrogens is 358 g/mol. The van der Waals surface area contributed by atoms with Crippen molar-refractivity contribution in [2.45, 2.75) is 24.4 Å². The third-order valence-electron chi connectivity index (χ3n) is 5.75. The molecule has 1 aliphatic carbocycles. The summed E-state index contributed by atoms with van der Waals surface area (Å²) in [4.78, 5) is 25.8. The lowest BCUT2D eigenvalue weighted by Crippen LogP contribution is -2.51. The summed E-state index contributed by atoms with van der Waals surface area (Å²) in [7, 11) is 1.25. The van der Waals surface area contributed by atoms with Gasteiger partial charge in [0.1, 0.15) is 6.61 Å². The number of likely N-dealkylation sites (tertiary alicyclic amines) is 1. The summed E-state index contributed by atoms with van der Waals surface area (Å²) in [5, 5.41) is 10.3. The first kappa shape index (κ1) is 18.5. The highest BCUT2D eigenvalue weighted by molar-refractivity contribution is 5.80. The maximum atomic E-state index is 12.5. The Balaban J connectivity index is 1.42. The number of methoxy groups -OCH3 is 1. The second-order valence-corrected chi connectivity index (χ2v) is 7.31. The van der Waals surface area contributed by atoms with E-state index in [4.69, 9.17) is 4.74 Å². The van der Waals surface area contributed by atoms with Crippen molar-refractivity contribution >= 4 is 12.1 Å². The molecule has 2 aromatic carbocycles. The van der Waals surface area contributed by atoms with Crippen molar-refractivity contribution in [1.82, 2.24) is 4.90 Å². The minimum Gasteiger partial charge on any atom is -0.467 e. The van der Waals surface area contributed by atoms with E-state index in [1.54, 1.807) is 0 Å². The van der Waals surface area contributed by atoms with Crippen LogP contribution in [0, 0.1) is 0 Å². The number of ether oxygens (including phenoxy) is 2. The monoisotopic (exact) mass is 381 g/mol. The van der Waals surface area contributed by atoms with Gasteiger partial charge in [0, 0.05) is 31.8 Å². The van der Waals surface area contributed by atoms with Gasteiger partial charge in [-0.1, -0.05) is 48.5 Å². The van der Waals surface area contributed by atoms with Crippen LogP contribution in [0.3, 0.4) is 0 Å². The summed E-state index contributed by atoms with van der Waals surface area (Å²) in [6.45, 7) is 0.759. The molecule has 0 saturated carbocycles. The van der Waals surface area contributed by atoms with Crippen LogP contribution in [0.4, 0.5) is 4.79 Å². The van der Waals surface area contributed by atoms with Gasteiger partial charge in [0.05, 0.1) is 7.11 Å². The number of fused-ring (bicyclic) bond motifs is 3. The number of carbonyl (C=O) groups excluding carboxylic acids is 2. The summed E-state index contributed by atoms with van der Waals surface area (Å²) in [6, 6.07) is 16.4. The van der Waals surface area contributed by atoms with Gasteiger partial charge in [0.25, 0.3) is 0 Å². The first-order valence-electron chi connectivity index (χ1n) is 9.44. The van der Waals surface area contributed by atoms with Gasteiger partial charge in [-0.25, -0.2) is 9.59 Å². The number of nitrogens with zero attached hydrogens (tertiary/aromatic N) is 1. The standard InChI is InChI=1S/C22H23NO5/c1-27-20(24)22(26)10-12-23(13-11-22)21(25)28-14-19-17-8-4-2-6-15(17)16-7-3-5-9-18(16)19/h2-9,19,26H,10-14H2,1H3. The van der Waals surface area contributed by atoms with Crippen LogP contribution in [0.1, 0.15) is 29.9 Å². The molecule has 1 heterocycles. The summed E-state index contributed by atoms with van der Waals surface area (Å²) >= 11 is 0. The van der Waals surface area contributed by atoms with Gasteiger partial charge in [-0.05, 0) is 22.3 Å². The number of hydrogen-bond donors (Lipinski definition) is 1. The first-order chi connectivity index (χ1) is 13.5. The quantitative estimate of drug-likeness (QED) is 0.828. The summed E-state index contributed by atoms with van der Waals surface area (Å²) in [5.74, 6) is -0.646. The fraction of sp³-hybridized carbons (Fsp3) is 0.364. The van der Waals surface area contributed by atoms with Gasteiger partial charge < -0.3 is 19.5 Å². The first-order valence-corrected chi connectivity index (χ1v) is 9.44. The normalized spacial score (nSPS) is 17.6. The molecule has 6 nitrogen and oxygen atoms in total. The van der Waals surface area contributed by atoms with Crippen LogP contribution in [0.2, 0.25) is 0 Å². The predicted octanol–water partition coefficient (Wildman–Crippen LogP) is 2.94. The van der Waals surface area contributed by atoms with Crippen molar-refractivity contribution in [1.29, 1.82) is 0 Å². The lowest BCUT2D eigenvalue weighted by molar-refractivity contribution is -0.166. The number of esters is 1. The zero-order valence-electron chi connectivity index (χ0n) is 15.8. The predicted molar refractivity (Wildman–Crippen MR) is 103 cm³/mol. The zero-order valence-corrected chi connectivity index (χ0v) is 15.8. The molecule has 0 atom stereocenters. The second-order valence-electron chi connectivity index (χ2n) is 7.31. The lowest BCUT2D eigenvalue weighted by Gasteiger charge is -2.35. The molecule has 4 rings (SSSR count). The van der Waals surface area contributed by atoms with E-state index in [0.29, 0.717) is 0 Å². The summed E-state index contributed by atoms with van der Waals surface area (Å²) < 4.78 is 10.3. The van der Waals surface area contributed by atoms with Crippen LogP contribution in [0.5, 0.6) is 0 Å². The highest BCUT2D eigenvalue weighted by Crippen LogP contribution is 2.44. The Morgan fingerprint density at radius 2 is 1.57 bits per heavy atom. The number of amides is 1. The van der Waals surface area contributed by atoms with E-state index in [1.807, 2.05) is 24.3 Å². The topological polar surface area (TPSA) is 76.1 Å². The van der Waals surface area contributed by atoms with Gasteiger partial charge in [-0.3, -0.25) is 0 Å². The number of aliphatic hydroxyl groups is 1. The van der Waals surface area contributed by atoms with Crippen molar-refractivity contribution in [2.24, 2.45) is 0 Å². The van der Waals surface area contributed by atoms with Crippen LogP contribution in [-0.4, -0.2) is 54.5 Å². The smallest absolute Gasteiger partial charge is 0.409 e. The Morgan fingerprint density at radius 3 is 2.11 bits per heavy atom. The molecule has 2 aromatic rings. The van der Waals surface area contributed by atoms with Crippen molar-refractivity contribution in [3.05, 3.63) is 59.7 Å². The Hall–Kier alpha value is -2.86. The van der Waals surface area contributed by atoms with E-state index in [1.165, 1.54) is 23.1 Å². The largest absolute Gasteiger partial charge is 0.467 e. The highest BCUT2D eigenvalue weighted by atomic mass is 16.6. The van der Waals surface area contributed by atoms with Crippen molar-refractivity contribution in [3.8, 4) is 11.1 Å². The van der Waals surface area contributed by atoms with Gasteiger partial charge in [-0.15, -0.1) is 0 Å². The zero-order chi connectivity index (χ0) is 19.7. The Kier molecular flexibility index (Phi) is 4.81. The van der Waals surface area contributed by atoms with Gasteiger partial charge >= 0.3 is 12.1 Å². The van der Waals surface area contributed by atoms with Gasteiger partial charge in [0.2, 0.25) is 0 Å². The average molecular weight is 381 g/mol. The minimum atomic E-state index is -1.52. The number of carbonyl (C=O) groups is 2. The molecule has 146 valence electrons. The van der Waals surface area contributed by atoms with Crippen LogP contribution in [0.15, 0.2) is 48.5 Å². The Labute approximate surface area is 163 Å². The summed E-state index contributed by atoms with van der Waals surface area (Å²) in [6.07, 6.45) is -0.137. The molecule has 0 aromatic heterocycles. The fourth-order valence-electron chi connectivity index (χ4n) is 4.14. The molecule has 1 fully saturated rings. The third-order valence-corrected chi connectivity index (χ3v) is 5.75. The lowest BCUT2D eigenvalue weighted by atomic mass is 9.92. The van der Waals surface area contributed by atoms with Crippen molar-refractivity contribution in [2.75, 3.05) is 26.8 Å². The van der Waals surface area contributed by atoms with E-state index < -0.39 is 17.7 Å². The Bertz CT molecular complexity index is 856. The van der Waals surface area contributed by atoms with E-state index in [2.05, 4.69) is 29.0 Å². The molecule has 1 saturated heterocycles. The number of piperidine rings is 1. The van der Waals surface area contributed by atoms with E-state index in [9.17, 15) is 14.7 Å². The van der Waals surface area contributed by atoms with E-state index >= 15 is 0 Å². The third kappa shape index (κ3) is 3.14.